The molecule has 0 atom stereocenters. The topological polar surface area (TPSA) is 22.1 Å². The van der Waals surface area contributed by atoms with E-state index in [-0.39, 0.29) is 12.5 Å². The highest BCUT2D eigenvalue weighted by Gasteiger charge is 2.02. The number of hydrogen-bond donors (Lipinski definition) is 0. The lowest BCUT2D eigenvalue weighted by Gasteiger charge is -2.07. The number of hydrogen-bond acceptors (Lipinski definition) is 2. The van der Waals surface area contributed by atoms with Crippen LogP contribution in [0.2, 0.25) is 0 Å². The number of ether oxygens (including phenoxy) is 1. The number of rotatable bonds is 3. The van der Waals surface area contributed by atoms with Crippen LogP contribution in [0.1, 0.15) is 17.0 Å². The highest BCUT2D eigenvalue weighted by Crippen LogP contribution is 2.17. The van der Waals surface area contributed by atoms with Crippen LogP contribution < -0.4 is 4.74 Å². The zero-order valence-corrected chi connectivity index (χ0v) is 11.7. The first-order valence-corrected chi connectivity index (χ1v) is 6.61. The molecule has 0 saturated carbocycles. The molecule has 2 rings (SSSR count). The molecule has 0 saturated heterocycles. The number of aryl methyl sites for hydroxylation is 1. The number of pyridine rings is 1. The molecule has 1 aromatic heterocycles. The molecule has 0 aliphatic carbocycles. The first-order chi connectivity index (χ1) is 9.67. The normalized spacial score (nSPS) is 9.75. The van der Waals surface area contributed by atoms with E-state index in [1.807, 2.05) is 25.1 Å². The van der Waals surface area contributed by atoms with Gasteiger partial charge in [0.2, 0.25) is 0 Å². The molecule has 1 aromatic carbocycles. The van der Waals surface area contributed by atoms with E-state index in [2.05, 4.69) is 16.8 Å². The van der Waals surface area contributed by atoms with E-state index in [1.54, 1.807) is 6.07 Å². The summed E-state index contributed by atoms with van der Waals surface area (Å²) in [4.78, 5) is 4.32. The number of alkyl halides is 1. The molecule has 0 fully saturated rings. The second-order valence-corrected chi connectivity index (χ2v) is 4.44. The van der Waals surface area contributed by atoms with Crippen LogP contribution in [0.4, 0.5) is 4.39 Å². The lowest BCUT2D eigenvalue weighted by atomic mass is 10.2. The van der Waals surface area contributed by atoms with Gasteiger partial charge in [0.15, 0.2) is 0 Å². The third-order valence-electron chi connectivity index (χ3n) is 2.50. The highest BCUT2D eigenvalue weighted by atomic mass is 35.5. The molecule has 0 aliphatic heterocycles. The Morgan fingerprint density at radius 2 is 2.15 bits per heavy atom. The summed E-state index contributed by atoms with van der Waals surface area (Å²) in [6, 6.07) is 10.0. The molecule has 2 nitrogen and oxygen atoms in total. The standard InChI is InChI=1S/C16H13ClFNO/c1-12-4-2-6-15(19-12)11-20-16-9-13(5-3-7-17)8-14(18)10-16/h2,4,6,8-10H,7,11H2,1H3. The van der Waals surface area contributed by atoms with Crippen molar-refractivity contribution >= 4 is 11.6 Å². The van der Waals surface area contributed by atoms with Crippen LogP contribution in [0.25, 0.3) is 0 Å². The van der Waals surface area contributed by atoms with Crippen molar-refractivity contribution in [2.45, 2.75) is 13.5 Å². The second kappa shape index (κ2) is 6.93. The van der Waals surface area contributed by atoms with Gasteiger partial charge in [0.1, 0.15) is 18.2 Å². The average molecular weight is 290 g/mol. The van der Waals surface area contributed by atoms with Gasteiger partial charge in [-0.25, -0.2) is 4.39 Å². The van der Waals surface area contributed by atoms with E-state index in [0.717, 1.165) is 11.4 Å². The summed E-state index contributed by atoms with van der Waals surface area (Å²) in [6.45, 7) is 2.19. The molecule has 0 unspecified atom stereocenters. The van der Waals surface area contributed by atoms with E-state index in [9.17, 15) is 4.39 Å². The molecule has 0 aliphatic rings. The fraction of sp³-hybridized carbons (Fsp3) is 0.188. The monoisotopic (exact) mass is 289 g/mol. The molecule has 0 spiro atoms. The van der Waals surface area contributed by atoms with Gasteiger partial charge in [-0.2, -0.15) is 0 Å². The Balaban J connectivity index is 2.11. The fourth-order valence-corrected chi connectivity index (χ4v) is 1.76. The minimum Gasteiger partial charge on any atom is -0.487 e. The third-order valence-corrected chi connectivity index (χ3v) is 2.64. The molecule has 20 heavy (non-hydrogen) atoms. The Morgan fingerprint density at radius 1 is 1.30 bits per heavy atom. The van der Waals surface area contributed by atoms with Crippen LogP contribution in [0.5, 0.6) is 5.75 Å². The Morgan fingerprint density at radius 3 is 2.90 bits per heavy atom. The van der Waals surface area contributed by atoms with Gasteiger partial charge >= 0.3 is 0 Å². The van der Waals surface area contributed by atoms with Crippen LogP contribution in [0, 0.1) is 24.6 Å². The predicted molar refractivity (Wildman–Crippen MR) is 77.3 cm³/mol. The minimum atomic E-state index is -0.390. The molecule has 0 bridgehead atoms. The van der Waals surface area contributed by atoms with Gasteiger partial charge in [-0.1, -0.05) is 17.9 Å². The van der Waals surface area contributed by atoms with Crippen molar-refractivity contribution in [3.8, 4) is 17.6 Å². The molecule has 102 valence electrons. The van der Waals surface area contributed by atoms with Crippen molar-refractivity contribution in [1.29, 1.82) is 0 Å². The van der Waals surface area contributed by atoms with Crippen LogP contribution >= 0.6 is 11.6 Å². The molecule has 0 amide bonds. The number of halogens is 2. The Hall–Kier alpha value is -2.05. The van der Waals surface area contributed by atoms with Crippen molar-refractivity contribution in [3.63, 3.8) is 0 Å². The van der Waals surface area contributed by atoms with Crippen molar-refractivity contribution in [2.24, 2.45) is 0 Å². The summed E-state index contributed by atoms with van der Waals surface area (Å²) in [6.07, 6.45) is 0. The van der Waals surface area contributed by atoms with E-state index >= 15 is 0 Å². The largest absolute Gasteiger partial charge is 0.487 e. The van der Waals surface area contributed by atoms with Crippen LogP contribution in [0.3, 0.4) is 0 Å². The molecule has 4 heteroatoms. The number of benzene rings is 1. The van der Waals surface area contributed by atoms with Crippen LogP contribution in [-0.2, 0) is 6.61 Å². The van der Waals surface area contributed by atoms with Gasteiger partial charge in [0, 0.05) is 17.3 Å². The predicted octanol–water partition coefficient (Wildman–Crippen LogP) is 3.70. The fourth-order valence-electron chi connectivity index (χ4n) is 1.69. The summed E-state index contributed by atoms with van der Waals surface area (Å²) < 4.78 is 19.0. The van der Waals surface area contributed by atoms with Crippen molar-refractivity contribution in [3.05, 3.63) is 59.2 Å². The molecular formula is C16H13ClFNO. The average Bonchev–Trinajstić information content (AvgIpc) is 2.42. The van der Waals surface area contributed by atoms with Gasteiger partial charge < -0.3 is 4.74 Å². The minimum absolute atomic E-state index is 0.208. The number of aromatic nitrogens is 1. The van der Waals surface area contributed by atoms with Gasteiger partial charge in [-0.15, -0.1) is 11.6 Å². The van der Waals surface area contributed by atoms with Gasteiger partial charge in [0.05, 0.1) is 11.6 Å². The Bertz CT molecular complexity index is 661. The lowest BCUT2D eigenvalue weighted by Crippen LogP contribution is -1.99. The van der Waals surface area contributed by atoms with E-state index in [4.69, 9.17) is 16.3 Å². The van der Waals surface area contributed by atoms with E-state index in [1.165, 1.54) is 12.1 Å². The van der Waals surface area contributed by atoms with Gasteiger partial charge in [-0.3, -0.25) is 4.98 Å². The lowest BCUT2D eigenvalue weighted by molar-refractivity contribution is 0.299. The third kappa shape index (κ3) is 4.25. The van der Waals surface area contributed by atoms with E-state index < -0.39 is 5.82 Å². The quantitative estimate of drug-likeness (QED) is 0.635. The smallest absolute Gasteiger partial charge is 0.130 e. The summed E-state index contributed by atoms with van der Waals surface area (Å²) in [5.41, 5.74) is 2.25. The Labute approximate surface area is 122 Å². The first kappa shape index (κ1) is 14.4. The van der Waals surface area contributed by atoms with Crippen molar-refractivity contribution in [2.75, 3.05) is 5.88 Å². The molecular weight excluding hydrogens is 277 g/mol. The first-order valence-electron chi connectivity index (χ1n) is 6.08. The Kier molecular flexibility index (Phi) is 4.97. The summed E-state index contributed by atoms with van der Waals surface area (Å²) in [5, 5.41) is 0. The summed E-state index contributed by atoms with van der Waals surface area (Å²) in [7, 11) is 0. The van der Waals surface area contributed by atoms with Crippen molar-refractivity contribution in [1.82, 2.24) is 4.98 Å². The second-order valence-electron chi connectivity index (χ2n) is 4.17. The molecule has 0 N–H and O–H groups in total. The zero-order chi connectivity index (χ0) is 14.4. The highest BCUT2D eigenvalue weighted by molar-refractivity contribution is 6.19. The van der Waals surface area contributed by atoms with Crippen LogP contribution in [0.15, 0.2) is 36.4 Å². The molecule has 1 heterocycles. The number of nitrogens with zero attached hydrogens (tertiary/aromatic N) is 1. The molecule has 2 aromatic rings. The summed E-state index contributed by atoms with van der Waals surface area (Å²) in [5.74, 6) is 5.69. The van der Waals surface area contributed by atoms with E-state index in [0.29, 0.717) is 11.3 Å². The maximum atomic E-state index is 13.4. The SMILES string of the molecule is Cc1cccc(COc2cc(F)cc(C#CCCl)c2)n1. The molecule has 0 radical (unpaired) electrons. The summed E-state index contributed by atoms with van der Waals surface area (Å²) >= 11 is 5.48. The maximum absolute atomic E-state index is 13.4. The van der Waals surface area contributed by atoms with Crippen LogP contribution in [-0.4, -0.2) is 10.9 Å². The zero-order valence-electron chi connectivity index (χ0n) is 11.0. The maximum Gasteiger partial charge on any atom is 0.130 e. The van der Waals surface area contributed by atoms with Gasteiger partial charge in [0.25, 0.3) is 0 Å². The van der Waals surface area contributed by atoms with Gasteiger partial charge in [-0.05, 0) is 31.2 Å². The van der Waals surface area contributed by atoms with Crippen molar-refractivity contribution < 1.29 is 9.13 Å².